The molecule has 0 heterocycles. The summed E-state index contributed by atoms with van der Waals surface area (Å²) in [4.78, 5) is 21.8. The van der Waals surface area contributed by atoms with E-state index in [0.29, 0.717) is 6.42 Å². The van der Waals surface area contributed by atoms with Crippen molar-refractivity contribution in [3.8, 4) is 0 Å². The van der Waals surface area contributed by atoms with Gasteiger partial charge in [-0.1, -0.05) is 6.92 Å². The van der Waals surface area contributed by atoms with Gasteiger partial charge in [0, 0.05) is 0 Å². The molecule has 0 unspecified atom stereocenters. The van der Waals surface area contributed by atoms with Crippen LogP contribution in [0, 0.1) is 0 Å². The molecule has 6 heteroatoms. The molecule has 0 rings (SSSR count). The molecule has 0 aliphatic carbocycles. The quantitative estimate of drug-likeness (QED) is 0.399. The molecular weight excluding hydrogens is 186 g/mol. The van der Waals surface area contributed by atoms with Gasteiger partial charge in [0.2, 0.25) is 11.8 Å². The van der Waals surface area contributed by atoms with Crippen LogP contribution in [0.4, 0.5) is 0 Å². The molecule has 0 aromatic heterocycles. The predicted molar refractivity (Wildman–Crippen MR) is 51.4 cm³/mol. The van der Waals surface area contributed by atoms with Gasteiger partial charge in [0.25, 0.3) is 0 Å². The molecule has 0 saturated heterocycles. The van der Waals surface area contributed by atoms with Gasteiger partial charge in [0.05, 0.1) is 25.7 Å². The Hall–Kier alpha value is -1.14. The van der Waals surface area contributed by atoms with E-state index >= 15 is 0 Å². The molecule has 0 fully saturated rings. The van der Waals surface area contributed by atoms with Crippen LogP contribution in [0.2, 0.25) is 0 Å². The van der Waals surface area contributed by atoms with Crippen LogP contribution in [0.15, 0.2) is 0 Å². The summed E-state index contributed by atoms with van der Waals surface area (Å²) < 4.78 is 0. The van der Waals surface area contributed by atoms with Crippen LogP contribution in [-0.4, -0.2) is 42.7 Å². The maximum Gasteiger partial charge on any atom is 0.239 e. The number of aliphatic hydroxyl groups excluding tert-OH is 1. The first-order valence-corrected chi connectivity index (χ1v) is 4.51. The number of carbonyl (C=O) groups excluding carboxylic acids is 2. The van der Waals surface area contributed by atoms with Crippen molar-refractivity contribution in [2.75, 3.05) is 19.7 Å². The third-order valence-electron chi connectivity index (χ3n) is 1.71. The van der Waals surface area contributed by atoms with Crippen molar-refractivity contribution >= 4 is 11.8 Å². The highest BCUT2D eigenvalue weighted by atomic mass is 16.3. The van der Waals surface area contributed by atoms with E-state index in [1.54, 1.807) is 0 Å². The molecule has 5 N–H and O–H groups in total. The van der Waals surface area contributed by atoms with E-state index in [1.807, 2.05) is 6.92 Å². The first-order chi connectivity index (χ1) is 6.63. The fourth-order valence-electron chi connectivity index (χ4n) is 0.807. The standard InChI is InChI=1S/C8H17N3O3/c1-2-6(5-12)11-8(14)4-10-7(13)3-9/h6,12H,2-5,9H2,1H3,(H,10,13)(H,11,14)/t6-/m0/s1. The summed E-state index contributed by atoms with van der Waals surface area (Å²) in [6, 6.07) is -0.253. The summed E-state index contributed by atoms with van der Waals surface area (Å²) in [5.41, 5.74) is 5.03. The zero-order valence-corrected chi connectivity index (χ0v) is 8.25. The second-order valence-electron chi connectivity index (χ2n) is 2.84. The van der Waals surface area contributed by atoms with Crippen molar-refractivity contribution in [1.82, 2.24) is 10.6 Å². The molecule has 0 aliphatic rings. The Morgan fingerprint density at radius 3 is 2.50 bits per heavy atom. The lowest BCUT2D eigenvalue weighted by Gasteiger charge is -2.13. The lowest BCUT2D eigenvalue weighted by Crippen LogP contribution is -2.44. The van der Waals surface area contributed by atoms with Gasteiger partial charge >= 0.3 is 0 Å². The zero-order valence-electron chi connectivity index (χ0n) is 8.25. The van der Waals surface area contributed by atoms with E-state index in [9.17, 15) is 9.59 Å². The minimum Gasteiger partial charge on any atom is -0.394 e. The first-order valence-electron chi connectivity index (χ1n) is 4.51. The molecule has 0 saturated carbocycles. The number of rotatable bonds is 6. The topological polar surface area (TPSA) is 104 Å². The minimum absolute atomic E-state index is 0.104. The van der Waals surface area contributed by atoms with Crippen molar-refractivity contribution in [3.63, 3.8) is 0 Å². The van der Waals surface area contributed by atoms with Gasteiger partial charge in [-0.05, 0) is 6.42 Å². The largest absolute Gasteiger partial charge is 0.394 e. The van der Waals surface area contributed by atoms with Crippen LogP contribution < -0.4 is 16.4 Å². The predicted octanol–water partition coefficient (Wildman–Crippen LogP) is -2.05. The average molecular weight is 203 g/mol. The number of hydrogen-bond donors (Lipinski definition) is 4. The highest BCUT2D eigenvalue weighted by Crippen LogP contribution is 1.87. The Bertz CT molecular complexity index is 192. The van der Waals surface area contributed by atoms with Crippen LogP contribution in [-0.2, 0) is 9.59 Å². The maximum atomic E-state index is 11.1. The number of carbonyl (C=O) groups is 2. The van der Waals surface area contributed by atoms with E-state index in [2.05, 4.69) is 10.6 Å². The third kappa shape index (κ3) is 5.50. The number of nitrogens with two attached hydrogens (primary N) is 1. The summed E-state index contributed by atoms with van der Waals surface area (Å²) in [5, 5.41) is 13.7. The van der Waals surface area contributed by atoms with Gasteiger partial charge in [0.1, 0.15) is 0 Å². The monoisotopic (exact) mass is 203 g/mol. The van der Waals surface area contributed by atoms with Crippen molar-refractivity contribution < 1.29 is 14.7 Å². The fraction of sp³-hybridized carbons (Fsp3) is 0.750. The second-order valence-corrected chi connectivity index (χ2v) is 2.84. The maximum absolute atomic E-state index is 11.1. The molecule has 0 aromatic carbocycles. The fourth-order valence-corrected chi connectivity index (χ4v) is 0.807. The Morgan fingerprint density at radius 1 is 1.43 bits per heavy atom. The van der Waals surface area contributed by atoms with Gasteiger partial charge in [-0.2, -0.15) is 0 Å². The van der Waals surface area contributed by atoms with Crippen molar-refractivity contribution in [3.05, 3.63) is 0 Å². The molecule has 0 bridgehead atoms. The van der Waals surface area contributed by atoms with E-state index in [1.165, 1.54) is 0 Å². The second kappa shape index (κ2) is 7.28. The molecule has 82 valence electrons. The van der Waals surface area contributed by atoms with E-state index < -0.39 is 0 Å². The first kappa shape index (κ1) is 12.9. The Morgan fingerprint density at radius 2 is 2.07 bits per heavy atom. The van der Waals surface area contributed by atoms with Gasteiger partial charge in [-0.15, -0.1) is 0 Å². The van der Waals surface area contributed by atoms with E-state index in [0.717, 1.165) is 0 Å². The van der Waals surface area contributed by atoms with Gasteiger partial charge < -0.3 is 21.5 Å². The highest BCUT2D eigenvalue weighted by molar-refractivity contribution is 5.85. The molecule has 0 radical (unpaired) electrons. The molecule has 0 aromatic rings. The Labute approximate surface area is 82.9 Å². The smallest absolute Gasteiger partial charge is 0.239 e. The summed E-state index contributed by atoms with van der Waals surface area (Å²) in [7, 11) is 0. The summed E-state index contributed by atoms with van der Waals surface area (Å²) in [6.07, 6.45) is 0.646. The van der Waals surface area contributed by atoms with E-state index in [-0.39, 0.29) is 37.6 Å². The minimum atomic E-state index is -0.378. The summed E-state index contributed by atoms with van der Waals surface area (Å²) in [5.74, 6) is -0.704. The molecule has 6 nitrogen and oxygen atoms in total. The van der Waals surface area contributed by atoms with Gasteiger partial charge in [0.15, 0.2) is 0 Å². The summed E-state index contributed by atoms with van der Waals surface area (Å²) >= 11 is 0. The van der Waals surface area contributed by atoms with Crippen LogP contribution in [0.5, 0.6) is 0 Å². The van der Waals surface area contributed by atoms with Crippen LogP contribution in [0.1, 0.15) is 13.3 Å². The van der Waals surface area contributed by atoms with Gasteiger partial charge in [-0.25, -0.2) is 0 Å². The molecule has 14 heavy (non-hydrogen) atoms. The van der Waals surface area contributed by atoms with Crippen LogP contribution in [0.3, 0.4) is 0 Å². The lowest BCUT2D eigenvalue weighted by molar-refractivity contribution is -0.125. The molecule has 1 atom stereocenters. The highest BCUT2D eigenvalue weighted by Gasteiger charge is 2.09. The van der Waals surface area contributed by atoms with Crippen molar-refractivity contribution in [2.24, 2.45) is 5.73 Å². The molecule has 0 spiro atoms. The number of aliphatic hydroxyl groups is 1. The normalized spacial score (nSPS) is 11.9. The van der Waals surface area contributed by atoms with Crippen molar-refractivity contribution in [2.45, 2.75) is 19.4 Å². The Balaban J connectivity index is 3.69. The van der Waals surface area contributed by atoms with E-state index in [4.69, 9.17) is 10.8 Å². The zero-order chi connectivity index (χ0) is 11.0. The SMILES string of the molecule is CC[C@@H](CO)NC(=O)CNC(=O)CN. The van der Waals surface area contributed by atoms with Crippen molar-refractivity contribution in [1.29, 1.82) is 0 Å². The van der Waals surface area contributed by atoms with Crippen LogP contribution >= 0.6 is 0 Å². The Kier molecular flexibility index (Phi) is 6.69. The molecule has 2 amide bonds. The summed E-state index contributed by atoms with van der Waals surface area (Å²) in [6.45, 7) is 1.50. The molecular formula is C8H17N3O3. The van der Waals surface area contributed by atoms with Gasteiger partial charge in [-0.3, -0.25) is 9.59 Å². The average Bonchev–Trinajstić information content (AvgIpc) is 2.22. The lowest BCUT2D eigenvalue weighted by atomic mass is 10.2. The third-order valence-corrected chi connectivity index (χ3v) is 1.71. The number of hydrogen-bond acceptors (Lipinski definition) is 4. The molecule has 0 aliphatic heterocycles. The number of amides is 2. The number of nitrogens with one attached hydrogen (secondary N) is 2. The van der Waals surface area contributed by atoms with Crippen LogP contribution in [0.25, 0.3) is 0 Å².